The smallest absolute Gasteiger partial charge is 0.227 e. The van der Waals surface area contributed by atoms with E-state index in [9.17, 15) is 0 Å². The molecule has 0 spiro atoms. The van der Waals surface area contributed by atoms with Gasteiger partial charge in [0.2, 0.25) is 5.89 Å². The van der Waals surface area contributed by atoms with Gasteiger partial charge in [0.25, 0.3) is 0 Å². The fourth-order valence-corrected chi connectivity index (χ4v) is 9.20. The molecule has 10 aromatic carbocycles. The molecule has 0 bridgehead atoms. The van der Waals surface area contributed by atoms with E-state index in [4.69, 9.17) is 9.40 Å². The van der Waals surface area contributed by atoms with Crippen molar-refractivity contribution in [1.29, 1.82) is 0 Å². The van der Waals surface area contributed by atoms with Crippen molar-refractivity contribution in [2.45, 2.75) is 0 Å². The number of rotatable bonds is 8. The molecule has 0 fully saturated rings. The monoisotopic (exact) mass is 794 g/mol. The van der Waals surface area contributed by atoms with Crippen LogP contribution in [0.15, 0.2) is 235 Å². The summed E-state index contributed by atoms with van der Waals surface area (Å²) in [5, 5.41) is 6.73. The van der Waals surface area contributed by atoms with Crippen LogP contribution in [0.5, 0.6) is 0 Å². The third kappa shape index (κ3) is 5.90. The van der Waals surface area contributed by atoms with Crippen molar-refractivity contribution in [3.63, 3.8) is 0 Å². The van der Waals surface area contributed by atoms with Gasteiger partial charge in [-0.25, -0.2) is 4.98 Å². The van der Waals surface area contributed by atoms with Crippen LogP contribution in [-0.2, 0) is 0 Å². The fourth-order valence-electron chi connectivity index (χ4n) is 9.20. The lowest BCUT2D eigenvalue weighted by atomic mass is 9.99. The third-order valence-electron chi connectivity index (χ3n) is 11.9. The van der Waals surface area contributed by atoms with Crippen LogP contribution in [0.4, 0.5) is 34.1 Å². The largest absolute Gasteiger partial charge is 0.435 e. The summed E-state index contributed by atoms with van der Waals surface area (Å²) in [5.74, 6) is 0.615. The number of anilines is 6. The minimum Gasteiger partial charge on any atom is -0.435 e. The molecule has 0 saturated carbocycles. The van der Waals surface area contributed by atoms with Crippen molar-refractivity contribution in [1.82, 2.24) is 9.55 Å². The van der Waals surface area contributed by atoms with Crippen molar-refractivity contribution in [2.24, 2.45) is 0 Å². The van der Waals surface area contributed by atoms with Crippen LogP contribution in [0.3, 0.4) is 0 Å². The van der Waals surface area contributed by atoms with Gasteiger partial charge in [-0.1, -0.05) is 127 Å². The van der Waals surface area contributed by atoms with Crippen LogP contribution in [0.2, 0.25) is 0 Å². The Hall–Kier alpha value is -8.41. The first-order valence-corrected chi connectivity index (χ1v) is 21.0. The highest BCUT2D eigenvalue weighted by molar-refractivity contribution is 6.21. The van der Waals surface area contributed by atoms with Crippen LogP contribution >= 0.6 is 0 Å². The van der Waals surface area contributed by atoms with Crippen molar-refractivity contribution in [3.8, 4) is 17.1 Å². The topological polar surface area (TPSA) is 37.4 Å². The fraction of sp³-hybridized carbons (Fsp3) is 0. The number of aromatic nitrogens is 2. The molecule has 12 rings (SSSR count). The highest BCUT2D eigenvalue weighted by atomic mass is 16.3. The minimum absolute atomic E-state index is 0.615. The molecule has 12 aromatic rings. The molecule has 2 aromatic heterocycles. The van der Waals surface area contributed by atoms with E-state index in [1.54, 1.807) is 0 Å². The Kier molecular flexibility index (Phi) is 8.42. The van der Waals surface area contributed by atoms with Gasteiger partial charge in [0.1, 0.15) is 5.52 Å². The maximum Gasteiger partial charge on any atom is 0.227 e. The maximum absolute atomic E-state index is 6.67. The molecular weight excluding hydrogens is 757 g/mol. The van der Waals surface area contributed by atoms with Gasteiger partial charge < -0.3 is 18.8 Å². The number of oxazole rings is 1. The van der Waals surface area contributed by atoms with Crippen LogP contribution in [-0.4, -0.2) is 9.55 Å². The molecule has 0 atom stereocenters. The summed E-state index contributed by atoms with van der Waals surface area (Å²) in [5.41, 5.74) is 12.4. The van der Waals surface area contributed by atoms with Gasteiger partial charge in [0.05, 0.1) is 16.7 Å². The van der Waals surface area contributed by atoms with E-state index < -0.39 is 0 Å². The van der Waals surface area contributed by atoms with E-state index >= 15 is 0 Å². The molecule has 0 radical (unpaired) electrons. The maximum atomic E-state index is 6.67. The molecule has 5 heteroatoms. The molecule has 0 aliphatic rings. The SMILES string of the molecule is c1ccc(-c2nc3ccc4ccc5c(N(c6cccc(N(c7ccccc7)c7ccccc7)c6)c6ccc7c(c6)c6ccccc6n7-c6ccccc6)cccc5c4c3o2)cc1. The van der Waals surface area contributed by atoms with Crippen LogP contribution < -0.4 is 9.80 Å². The van der Waals surface area contributed by atoms with Gasteiger partial charge in [-0.2, -0.15) is 0 Å². The van der Waals surface area contributed by atoms with E-state index in [2.05, 4.69) is 215 Å². The zero-order valence-corrected chi connectivity index (χ0v) is 33.6. The molecule has 0 aliphatic carbocycles. The Balaban J connectivity index is 1.11. The molecule has 0 saturated heterocycles. The number of benzene rings is 10. The van der Waals surface area contributed by atoms with Crippen molar-refractivity contribution >= 4 is 88.6 Å². The summed E-state index contributed by atoms with van der Waals surface area (Å²) in [6, 6.07) is 81.7. The first-order chi connectivity index (χ1) is 30.8. The summed E-state index contributed by atoms with van der Waals surface area (Å²) < 4.78 is 9.04. The highest BCUT2D eigenvalue weighted by Gasteiger charge is 2.22. The standard InChI is InChI=1S/C57H38N4O/c1-5-17-40(18-6-1)57-58-51-35-32-39-31-34-48-49(55(39)56(51)62-57)28-16-30-52(48)60(45-26-15-25-44(37-45)59(41-19-7-2-8-20-41)42-21-9-3-10-22-42)46-33-36-54-50(38-46)47-27-13-14-29-53(47)61(54)43-23-11-4-12-24-43/h1-38H. The van der Waals surface area contributed by atoms with Gasteiger partial charge in [-0.3, -0.25) is 0 Å². The Morgan fingerprint density at radius 2 is 0.968 bits per heavy atom. The zero-order chi connectivity index (χ0) is 41.0. The Morgan fingerprint density at radius 1 is 0.387 bits per heavy atom. The van der Waals surface area contributed by atoms with Gasteiger partial charge in [-0.15, -0.1) is 0 Å². The molecule has 0 aliphatic heterocycles. The van der Waals surface area contributed by atoms with Crippen molar-refractivity contribution in [2.75, 3.05) is 9.80 Å². The average Bonchev–Trinajstić information content (AvgIpc) is 3.93. The molecule has 5 nitrogen and oxygen atoms in total. The second kappa shape index (κ2) is 14.7. The Morgan fingerprint density at radius 3 is 1.73 bits per heavy atom. The Bertz CT molecular complexity index is 3540. The quantitative estimate of drug-likeness (QED) is 0.144. The van der Waals surface area contributed by atoms with Crippen LogP contribution in [0.1, 0.15) is 0 Å². The number of para-hydroxylation sites is 4. The lowest BCUT2D eigenvalue weighted by Crippen LogP contribution is -2.13. The third-order valence-corrected chi connectivity index (χ3v) is 11.9. The van der Waals surface area contributed by atoms with E-state index in [0.29, 0.717) is 5.89 Å². The number of hydrogen-bond acceptors (Lipinski definition) is 4. The van der Waals surface area contributed by atoms with E-state index in [-0.39, 0.29) is 0 Å². The minimum atomic E-state index is 0.615. The summed E-state index contributed by atoms with van der Waals surface area (Å²) in [6.07, 6.45) is 0. The number of fused-ring (bicyclic) bond motifs is 8. The zero-order valence-electron chi connectivity index (χ0n) is 33.6. The molecule has 0 N–H and O–H groups in total. The number of nitrogens with zero attached hydrogens (tertiary/aromatic N) is 4. The van der Waals surface area contributed by atoms with Gasteiger partial charge >= 0.3 is 0 Å². The first kappa shape index (κ1) is 35.5. The lowest BCUT2D eigenvalue weighted by Gasteiger charge is -2.30. The Labute approximate surface area is 358 Å². The lowest BCUT2D eigenvalue weighted by molar-refractivity contribution is 0.623. The van der Waals surface area contributed by atoms with E-state index in [1.807, 2.05) is 30.3 Å². The van der Waals surface area contributed by atoms with Gasteiger partial charge in [-0.05, 0) is 114 Å². The predicted octanol–water partition coefficient (Wildman–Crippen LogP) is 15.8. The van der Waals surface area contributed by atoms with Gasteiger partial charge in [0.15, 0.2) is 5.58 Å². The molecule has 0 amide bonds. The van der Waals surface area contributed by atoms with Gasteiger partial charge in [0, 0.05) is 61.2 Å². The molecule has 62 heavy (non-hydrogen) atoms. The average molecular weight is 795 g/mol. The molecule has 0 unspecified atom stereocenters. The summed E-state index contributed by atoms with van der Waals surface area (Å²) in [4.78, 5) is 9.69. The summed E-state index contributed by atoms with van der Waals surface area (Å²) in [6.45, 7) is 0. The second-order valence-corrected chi connectivity index (χ2v) is 15.6. The van der Waals surface area contributed by atoms with Crippen LogP contribution in [0.25, 0.3) is 71.6 Å². The van der Waals surface area contributed by atoms with Crippen LogP contribution in [0, 0.1) is 0 Å². The predicted molar refractivity (Wildman–Crippen MR) is 258 cm³/mol. The number of hydrogen-bond donors (Lipinski definition) is 0. The normalized spacial score (nSPS) is 11.5. The second-order valence-electron chi connectivity index (χ2n) is 15.6. The van der Waals surface area contributed by atoms with E-state index in [0.717, 1.165) is 83.5 Å². The molecular formula is C57H38N4O. The molecule has 2 heterocycles. The summed E-state index contributed by atoms with van der Waals surface area (Å²) in [7, 11) is 0. The highest BCUT2D eigenvalue weighted by Crippen LogP contribution is 2.46. The van der Waals surface area contributed by atoms with E-state index in [1.165, 1.54) is 16.3 Å². The van der Waals surface area contributed by atoms with Crippen molar-refractivity contribution < 1.29 is 4.42 Å². The first-order valence-electron chi connectivity index (χ1n) is 21.0. The summed E-state index contributed by atoms with van der Waals surface area (Å²) >= 11 is 0. The van der Waals surface area contributed by atoms with Crippen molar-refractivity contribution in [3.05, 3.63) is 231 Å². The molecule has 292 valence electrons.